The van der Waals surface area contributed by atoms with Crippen LogP contribution < -0.4 is 15.5 Å². The molecule has 5 rings (SSSR count). The highest BCUT2D eigenvalue weighted by molar-refractivity contribution is 6.21. The molecule has 0 bridgehead atoms. The molecular formula is C31H32N4O4. The van der Waals surface area contributed by atoms with Gasteiger partial charge in [-0.3, -0.25) is 9.59 Å². The number of hydrogen-bond donors (Lipinski definition) is 2. The summed E-state index contributed by atoms with van der Waals surface area (Å²) < 4.78 is 5.41. The van der Waals surface area contributed by atoms with Crippen molar-refractivity contribution in [2.75, 3.05) is 11.4 Å². The summed E-state index contributed by atoms with van der Waals surface area (Å²) in [7, 11) is 0. The number of carbonyl (C=O) groups excluding carboxylic acids is 3. The minimum atomic E-state index is -1.16. The van der Waals surface area contributed by atoms with Gasteiger partial charge in [0.05, 0.1) is 11.4 Å². The van der Waals surface area contributed by atoms with Gasteiger partial charge in [-0.2, -0.15) is 0 Å². The van der Waals surface area contributed by atoms with Gasteiger partial charge in [-0.1, -0.05) is 78.9 Å². The molecule has 2 aliphatic heterocycles. The summed E-state index contributed by atoms with van der Waals surface area (Å²) in [4.78, 5) is 46.6. The van der Waals surface area contributed by atoms with Gasteiger partial charge in [-0.15, -0.1) is 0 Å². The Kier molecular flexibility index (Phi) is 7.19. The quantitative estimate of drug-likeness (QED) is 0.509. The number of anilines is 1. The third-order valence-corrected chi connectivity index (χ3v) is 6.62. The van der Waals surface area contributed by atoms with Gasteiger partial charge in [-0.25, -0.2) is 9.79 Å². The molecule has 3 amide bonds. The normalized spacial score (nSPS) is 17.0. The van der Waals surface area contributed by atoms with E-state index < -0.39 is 29.8 Å². The zero-order valence-electron chi connectivity index (χ0n) is 22.3. The van der Waals surface area contributed by atoms with Crippen molar-refractivity contribution < 1.29 is 19.1 Å². The Labute approximate surface area is 228 Å². The number of alkyl carbamates (subject to hydrolysis) is 1. The fraction of sp³-hybridized carbons (Fsp3) is 0.290. The largest absolute Gasteiger partial charge is 0.444 e. The first-order valence-corrected chi connectivity index (χ1v) is 13.1. The lowest BCUT2D eigenvalue weighted by Gasteiger charge is -2.25. The van der Waals surface area contributed by atoms with Crippen LogP contribution in [0.25, 0.3) is 0 Å². The number of para-hydroxylation sites is 1. The van der Waals surface area contributed by atoms with E-state index >= 15 is 0 Å². The fourth-order valence-electron chi connectivity index (χ4n) is 4.93. The lowest BCUT2D eigenvalue weighted by atomic mass is 9.98. The van der Waals surface area contributed by atoms with Crippen molar-refractivity contribution in [3.05, 3.63) is 101 Å². The molecule has 0 fully saturated rings. The topological polar surface area (TPSA) is 100 Å². The Morgan fingerprint density at radius 3 is 2.38 bits per heavy atom. The first kappa shape index (κ1) is 26.2. The second-order valence-corrected chi connectivity index (χ2v) is 10.7. The van der Waals surface area contributed by atoms with E-state index in [9.17, 15) is 14.4 Å². The Bertz CT molecular complexity index is 1410. The summed E-state index contributed by atoms with van der Waals surface area (Å²) in [5.74, 6) is -0.833. The number of ether oxygens (including phenoxy) is 1. The maximum atomic E-state index is 13.8. The number of amides is 3. The summed E-state index contributed by atoms with van der Waals surface area (Å²) in [6.07, 6.45) is -0.925. The molecule has 200 valence electrons. The Morgan fingerprint density at radius 1 is 1.00 bits per heavy atom. The van der Waals surface area contributed by atoms with Gasteiger partial charge >= 0.3 is 6.09 Å². The smallest absolute Gasteiger partial charge is 0.408 e. The molecule has 39 heavy (non-hydrogen) atoms. The highest BCUT2D eigenvalue weighted by Gasteiger charge is 2.38. The molecule has 0 aromatic heterocycles. The maximum Gasteiger partial charge on any atom is 0.408 e. The molecule has 0 saturated carbocycles. The van der Waals surface area contributed by atoms with E-state index in [1.807, 2.05) is 78.9 Å². The fourth-order valence-corrected chi connectivity index (χ4v) is 4.93. The van der Waals surface area contributed by atoms with E-state index in [2.05, 4.69) is 10.6 Å². The molecular weight excluding hydrogens is 492 g/mol. The Hall–Kier alpha value is -4.46. The van der Waals surface area contributed by atoms with E-state index in [1.54, 1.807) is 25.7 Å². The number of carbonyl (C=O) groups is 3. The lowest BCUT2D eigenvalue weighted by molar-refractivity contribution is -0.128. The molecule has 0 unspecified atom stereocenters. The Balaban J connectivity index is 1.48. The van der Waals surface area contributed by atoms with Crippen LogP contribution in [0.2, 0.25) is 0 Å². The van der Waals surface area contributed by atoms with E-state index in [4.69, 9.17) is 9.73 Å². The summed E-state index contributed by atoms with van der Waals surface area (Å²) in [5, 5.41) is 5.52. The summed E-state index contributed by atoms with van der Waals surface area (Å²) in [6.45, 7) is 5.78. The molecule has 2 N–H and O–H groups in total. The van der Waals surface area contributed by atoms with E-state index in [1.165, 1.54) is 0 Å². The molecule has 8 heteroatoms. The van der Waals surface area contributed by atoms with Crippen LogP contribution in [0.1, 0.15) is 43.0 Å². The number of hydrogen-bond acceptors (Lipinski definition) is 5. The molecule has 3 aromatic rings. The monoisotopic (exact) mass is 524 g/mol. The van der Waals surface area contributed by atoms with Gasteiger partial charge in [0.15, 0.2) is 0 Å². The minimum absolute atomic E-state index is 0.218. The van der Waals surface area contributed by atoms with Crippen LogP contribution in [0.3, 0.4) is 0 Å². The van der Waals surface area contributed by atoms with Crippen molar-refractivity contribution in [2.24, 2.45) is 4.99 Å². The predicted molar refractivity (Wildman–Crippen MR) is 150 cm³/mol. The van der Waals surface area contributed by atoms with Crippen molar-refractivity contribution in [3.8, 4) is 0 Å². The molecule has 0 aliphatic carbocycles. The first-order chi connectivity index (χ1) is 18.7. The van der Waals surface area contributed by atoms with Crippen LogP contribution in [0.15, 0.2) is 83.9 Å². The van der Waals surface area contributed by atoms with Crippen LogP contribution in [-0.4, -0.2) is 48.0 Å². The van der Waals surface area contributed by atoms with Crippen molar-refractivity contribution in [1.29, 1.82) is 0 Å². The molecule has 0 spiro atoms. The van der Waals surface area contributed by atoms with E-state index in [-0.39, 0.29) is 12.3 Å². The van der Waals surface area contributed by atoms with Gasteiger partial charge in [0.2, 0.25) is 12.1 Å². The summed E-state index contributed by atoms with van der Waals surface area (Å²) in [6, 6.07) is 24.0. The van der Waals surface area contributed by atoms with Crippen LogP contribution >= 0.6 is 0 Å². The van der Waals surface area contributed by atoms with Crippen LogP contribution in [0, 0.1) is 0 Å². The van der Waals surface area contributed by atoms with Gasteiger partial charge < -0.3 is 20.3 Å². The number of rotatable bonds is 6. The second kappa shape index (κ2) is 10.7. The SMILES string of the molecule is CC(C)(C)OC(=O)N[C@@H](Cc1ccccc1)C(=O)N[C@H]1N=C(c2ccccc2)c2cccc3c2N(CC3)C1=O. The molecule has 0 radical (unpaired) electrons. The zero-order valence-corrected chi connectivity index (χ0v) is 22.3. The minimum Gasteiger partial charge on any atom is -0.444 e. The number of nitrogens with zero attached hydrogens (tertiary/aromatic N) is 2. The zero-order chi connectivity index (χ0) is 27.6. The van der Waals surface area contributed by atoms with Crippen LogP contribution in [-0.2, 0) is 27.2 Å². The standard InChI is InChI=1S/C31H32N4O4/c1-31(2,3)39-30(38)32-24(19-20-11-6-4-7-12-20)28(36)34-27-29(37)35-18-17-22-15-10-16-23(26(22)35)25(33-27)21-13-8-5-9-14-21/h4-16,24,27H,17-19H2,1-3H3,(H,32,38)(H,34,36)/t24-,27+/m0/s1. The van der Waals surface area contributed by atoms with Gasteiger partial charge in [0.25, 0.3) is 5.91 Å². The molecule has 8 nitrogen and oxygen atoms in total. The predicted octanol–water partition coefficient (Wildman–Crippen LogP) is 4.01. The number of benzene rings is 3. The van der Waals surface area contributed by atoms with Crippen molar-refractivity contribution in [2.45, 2.75) is 51.4 Å². The summed E-state index contributed by atoms with van der Waals surface area (Å²) >= 11 is 0. The average molecular weight is 525 g/mol. The number of nitrogens with one attached hydrogen (secondary N) is 2. The molecule has 3 aromatic carbocycles. The van der Waals surface area contributed by atoms with Gasteiger partial charge in [0.1, 0.15) is 11.6 Å². The molecule has 2 atom stereocenters. The third kappa shape index (κ3) is 5.85. The van der Waals surface area contributed by atoms with Gasteiger partial charge in [-0.05, 0) is 38.3 Å². The van der Waals surface area contributed by atoms with E-state index in [0.717, 1.165) is 34.4 Å². The maximum absolute atomic E-state index is 13.8. The van der Waals surface area contributed by atoms with Crippen molar-refractivity contribution in [3.63, 3.8) is 0 Å². The van der Waals surface area contributed by atoms with Crippen LogP contribution in [0.4, 0.5) is 10.5 Å². The van der Waals surface area contributed by atoms with Crippen molar-refractivity contribution in [1.82, 2.24) is 10.6 Å². The Morgan fingerprint density at radius 2 is 1.69 bits per heavy atom. The highest BCUT2D eigenvalue weighted by atomic mass is 16.6. The molecule has 2 heterocycles. The third-order valence-electron chi connectivity index (χ3n) is 6.62. The second-order valence-electron chi connectivity index (χ2n) is 10.7. The molecule has 0 saturated heterocycles. The van der Waals surface area contributed by atoms with Gasteiger partial charge in [0, 0.05) is 24.1 Å². The first-order valence-electron chi connectivity index (χ1n) is 13.1. The average Bonchev–Trinajstić information content (AvgIpc) is 3.30. The summed E-state index contributed by atoms with van der Waals surface area (Å²) in [5.41, 5.74) is 4.37. The van der Waals surface area contributed by atoms with Crippen molar-refractivity contribution >= 4 is 29.3 Å². The lowest BCUT2D eigenvalue weighted by Crippen LogP contribution is -2.54. The van der Waals surface area contributed by atoms with Crippen LogP contribution in [0.5, 0.6) is 0 Å². The highest BCUT2D eigenvalue weighted by Crippen LogP contribution is 2.36. The molecule has 2 aliphatic rings. The number of aliphatic imine (C=N–C) groups is 1. The van der Waals surface area contributed by atoms with E-state index in [0.29, 0.717) is 12.3 Å².